The van der Waals surface area contributed by atoms with Gasteiger partial charge < -0.3 is 9.84 Å². The number of hydrogen-bond acceptors (Lipinski definition) is 5. The van der Waals surface area contributed by atoms with Crippen LogP contribution < -0.4 is 0 Å². The summed E-state index contributed by atoms with van der Waals surface area (Å²) in [6.07, 6.45) is 6.19. The molecule has 4 saturated carbocycles. The van der Waals surface area contributed by atoms with Crippen molar-refractivity contribution in [2.24, 2.45) is 34.5 Å². The first-order valence-corrected chi connectivity index (χ1v) is 11.0. The van der Waals surface area contributed by atoms with Crippen LogP contribution >= 0.6 is 0 Å². The minimum absolute atomic E-state index is 0.0110. The van der Waals surface area contributed by atoms with E-state index in [0.717, 1.165) is 38.5 Å². The normalized spacial score (nSPS) is 50.3. The van der Waals surface area contributed by atoms with Crippen LogP contribution in [0.1, 0.15) is 79.1 Å². The van der Waals surface area contributed by atoms with Gasteiger partial charge in [-0.3, -0.25) is 14.4 Å². The fourth-order valence-electron chi connectivity index (χ4n) is 7.96. The number of ketones is 2. The molecule has 0 bridgehead atoms. The number of esters is 1. The van der Waals surface area contributed by atoms with Crippen LogP contribution in [-0.2, 0) is 19.1 Å². The van der Waals surface area contributed by atoms with E-state index in [9.17, 15) is 19.5 Å². The number of ether oxygens (including phenoxy) is 1. The van der Waals surface area contributed by atoms with E-state index in [1.54, 1.807) is 0 Å². The van der Waals surface area contributed by atoms with Crippen LogP contribution in [0.2, 0.25) is 0 Å². The molecule has 0 heterocycles. The van der Waals surface area contributed by atoms with Gasteiger partial charge in [0.2, 0.25) is 0 Å². The fourth-order valence-corrected chi connectivity index (χ4v) is 7.96. The van der Waals surface area contributed by atoms with Crippen LogP contribution in [0.3, 0.4) is 0 Å². The maximum Gasteiger partial charge on any atom is 0.302 e. The van der Waals surface area contributed by atoms with Gasteiger partial charge in [0.25, 0.3) is 0 Å². The molecule has 4 aliphatic rings. The Bertz CT molecular complexity index is 716. The molecule has 28 heavy (non-hydrogen) atoms. The lowest BCUT2D eigenvalue weighted by atomic mass is 9.44. The van der Waals surface area contributed by atoms with Gasteiger partial charge in [0.15, 0.2) is 5.78 Å². The summed E-state index contributed by atoms with van der Waals surface area (Å²) in [5, 5.41) is 11.2. The Morgan fingerprint density at radius 1 is 1.07 bits per heavy atom. The number of aliphatic hydroxyl groups is 1. The topological polar surface area (TPSA) is 80.7 Å². The van der Waals surface area contributed by atoms with E-state index in [0.29, 0.717) is 18.8 Å². The first-order chi connectivity index (χ1) is 13.0. The zero-order valence-electron chi connectivity index (χ0n) is 17.6. The zero-order valence-corrected chi connectivity index (χ0v) is 17.6. The molecule has 0 aromatic heterocycles. The largest absolute Gasteiger partial charge is 0.463 e. The summed E-state index contributed by atoms with van der Waals surface area (Å²) in [5.74, 6) is 0.722. The molecule has 0 aliphatic heterocycles. The SMILES string of the molecule is CC(=O)O[C@@H]1CCC2(C)C(CCC3C2C(=O)CC2(C)C3CCC2(O)C(C)=O)C1. The summed E-state index contributed by atoms with van der Waals surface area (Å²) < 4.78 is 5.49. The van der Waals surface area contributed by atoms with Gasteiger partial charge in [0, 0.05) is 24.7 Å². The third kappa shape index (κ3) is 2.57. The van der Waals surface area contributed by atoms with Crippen molar-refractivity contribution in [3.05, 3.63) is 0 Å². The van der Waals surface area contributed by atoms with Gasteiger partial charge in [-0.15, -0.1) is 0 Å². The summed E-state index contributed by atoms with van der Waals surface area (Å²) >= 11 is 0. The first kappa shape index (κ1) is 20.1. The summed E-state index contributed by atoms with van der Waals surface area (Å²) in [5.41, 5.74) is -2.05. The lowest BCUT2D eigenvalue weighted by Crippen LogP contribution is -2.61. The van der Waals surface area contributed by atoms with Gasteiger partial charge in [-0.1, -0.05) is 13.8 Å². The average molecular weight is 391 g/mol. The summed E-state index contributed by atoms with van der Waals surface area (Å²) in [6.45, 7) is 7.18. The van der Waals surface area contributed by atoms with Crippen molar-refractivity contribution < 1.29 is 24.2 Å². The molecule has 0 aromatic carbocycles. The van der Waals surface area contributed by atoms with Crippen LogP contribution in [0.25, 0.3) is 0 Å². The molecule has 0 radical (unpaired) electrons. The summed E-state index contributed by atoms with van der Waals surface area (Å²) in [4.78, 5) is 37.2. The Labute approximate surface area is 167 Å². The number of carbonyl (C=O) groups is 3. The van der Waals surface area contributed by atoms with Crippen molar-refractivity contribution in [3.63, 3.8) is 0 Å². The second-order valence-electron chi connectivity index (χ2n) is 10.5. The van der Waals surface area contributed by atoms with E-state index >= 15 is 0 Å². The van der Waals surface area contributed by atoms with Crippen molar-refractivity contribution in [1.82, 2.24) is 0 Å². The molecule has 156 valence electrons. The van der Waals surface area contributed by atoms with Gasteiger partial charge in [0.1, 0.15) is 17.5 Å². The van der Waals surface area contributed by atoms with E-state index < -0.39 is 11.0 Å². The number of Topliss-reactive ketones (excluding diaryl/α,β-unsaturated/α-hetero) is 2. The van der Waals surface area contributed by atoms with Crippen molar-refractivity contribution >= 4 is 17.5 Å². The molecule has 5 nitrogen and oxygen atoms in total. The summed E-state index contributed by atoms with van der Waals surface area (Å²) in [6, 6.07) is 0. The van der Waals surface area contributed by atoms with Gasteiger partial charge in [0.05, 0.1) is 0 Å². The molecular formula is C23H34O5. The van der Waals surface area contributed by atoms with E-state index in [2.05, 4.69) is 6.92 Å². The molecule has 4 fully saturated rings. The van der Waals surface area contributed by atoms with E-state index in [1.807, 2.05) is 6.92 Å². The van der Waals surface area contributed by atoms with E-state index in [1.165, 1.54) is 13.8 Å². The highest BCUT2D eigenvalue weighted by atomic mass is 16.5. The molecule has 0 saturated heterocycles. The third-order valence-corrected chi connectivity index (χ3v) is 9.37. The highest BCUT2D eigenvalue weighted by molar-refractivity contribution is 5.90. The lowest BCUT2D eigenvalue weighted by molar-refractivity contribution is -0.181. The fraction of sp³-hybridized carbons (Fsp3) is 0.870. The molecule has 1 N–H and O–H groups in total. The Hall–Kier alpha value is -1.23. The standard InChI is InChI=1S/C23H34O5/c1-13(24)23(27)10-8-18-17-6-5-15-11-16(28-14(2)25)7-9-21(15,3)20(17)19(26)12-22(18,23)4/h15-18,20,27H,5-12H2,1-4H3/t15?,16-,17?,18?,20?,21?,22?,23?/m1/s1. The Morgan fingerprint density at radius 3 is 2.43 bits per heavy atom. The molecule has 0 spiro atoms. The van der Waals surface area contributed by atoms with Crippen molar-refractivity contribution in [1.29, 1.82) is 0 Å². The monoisotopic (exact) mass is 390 g/mol. The molecular weight excluding hydrogens is 356 g/mol. The molecule has 5 heteroatoms. The average Bonchev–Trinajstić information content (AvgIpc) is 2.86. The van der Waals surface area contributed by atoms with Crippen molar-refractivity contribution in [3.8, 4) is 0 Å². The van der Waals surface area contributed by atoms with Crippen LogP contribution in [-0.4, -0.2) is 34.3 Å². The van der Waals surface area contributed by atoms with Crippen LogP contribution in [0, 0.1) is 34.5 Å². The van der Waals surface area contributed by atoms with Crippen LogP contribution in [0.4, 0.5) is 0 Å². The number of carbonyl (C=O) groups excluding carboxylic acids is 3. The summed E-state index contributed by atoms with van der Waals surface area (Å²) in [7, 11) is 0. The minimum Gasteiger partial charge on any atom is -0.463 e. The van der Waals surface area contributed by atoms with Crippen molar-refractivity contribution in [2.75, 3.05) is 0 Å². The van der Waals surface area contributed by atoms with Crippen LogP contribution in [0.5, 0.6) is 0 Å². The number of fused-ring (bicyclic) bond motifs is 5. The Morgan fingerprint density at radius 2 is 1.79 bits per heavy atom. The molecule has 7 unspecified atom stereocenters. The highest BCUT2D eigenvalue weighted by Gasteiger charge is 2.68. The second-order valence-corrected chi connectivity index (χ2v) is 10.5. The maximum absolute atomic E-state index is 13.5. The van der Waals surface area contributed by atoms with E-state index in [4.69, 9.17) is 4.74 Å². The Kier molecular flexibility index (Phi) is 4.57. The lowest BCUT2D eigenvalue weighted by Gasteiger charge is -2.60. The zero-order chi connectivity index (χ0) is 20.5. The third-order valence-electron chi connectivity index (χ3n) is 9.37. The number of hydrogen-bond donors (Lipinski definition) is 1. The van der Waals surface area contributed by atoms with Gasteiger partial charge in [-0.2, -0.15) is 0 Å². The van der Waals surface area contributed by atoms with Crippen molar-refractivity contribution in [2.45, 2.75) is 90.8 Å². The van der Waals surface area contributed by atoms with E-state index in [-0.39, 0.29) is 46.8 Å². The smallest absolute Gasteiger partial charge is 0.302 e. The van der Waals surface area contributed by atoms with Gasteiger partial charge in [-0.25, -0.2) is 0 Å². The minimum atomic E-state index is -1.36. The molecule has 8 atom stereocenters. The van der Waals surface area contributed by atoms with Gasteiger partial charge >= 0.3 is 5.97 Å². The predicted octanol–water partition coefficient (Wildman–Crippen LogP) is 3.46. The number of rotatable bonds is 2. The molecule has 0 amide bonds. The second kappa shape index (κ2) is 6.38. The quantitative estimate of drug-likeness (QED) is 0.730. The highest BCUT2D eigenvalue weighted by Crippen LogP contribution is 2.67. The van der Waals surface area contributed by atoms with Crippen LogP contribution in [0.15, 0.2) is 0 Å². The molecule has 4 rings (SSSR count). The van der Waals surface area contributed by atoms with Gasteiger partial charge in [-0.05, 0) is 75.0 Å². The Balaban J connectivity index is 1.63. The molecule has 4 aliphatic carbocycles. The maximum atomic E-state index is 13.5. The molecule has 0 aromatic rings. The first-order valence-electron chi connectivity index (χ1n) is 11.0. The predicted molar refractivity (Wildman–Crippen MR) is 103 cm³/mol.